The molecule has 0 amide bonds. The molecule has 1 saturated heterocycles. The third-order valence-electron chi connectivity index (χ3n) is 4.05. The van der Waals surface area contributed by atoms with Gasteiger partial charge in [-0.05, 0) is 56.7 Å². The molecule has 0 aliphatic carbocycles. The molecule has 0 saturated carbocycles. The summed E-state index contributed by atoms with van der Waals surface area (Å²) in [5.41, 5.74) is -2.48. The van der Waals surface area contributed by atoms with Crippen molar-refractivity contribution in [1.82, 2.24) is 10.2 Å². The summed E-state index contributed by atoms with van der Waals surface area (Å²) < 4.78 is 76.9. The normalized spacial score (nSPS) is 17.6. The maximum absolute atomic E-state index is 12.8. The van der Waals surface area contributed by atoms with Gasteiger partial charge in [-0.1, -0.05) is 0 Å². The minimum atomic E-state index is -4.80. The van der Waals surface area contributed by atoms with Crippen LogP contribution in [0.3, 0.4) is 0 Å². The van der Waals surface area contributed by atoms with Crippen molar-refractivity contribution in [2.45, 2.75) is 37.8 Å². The van der Waals surface area contributed by atoms with Crippen molar-refractivity contribution in [2.75, 3.05) is 20.1 Å². The smallest absolute Gasteiger partial charge is 0.317 e. The fourth-order valence-electron chi connectivity index (χ4n) is 2.75. The van der Waals surface area contributed by atoms with Crippen LogP contribution in [0.4, 0.5) is 26.3 Å². The number of piperidine rings is 1. The molecular formula is C15H19ClF6N2. The van der Waals surface area contributed by atoms with Gasteiger partial charge in [0, 0.05) is 12.6 Å². The second-order valence-corrected chi connectivity index (χ2v) is 5.75. The van der Waals surface area contributed by atoms with Gasteiger partial charge in [0.1, 0.15) is 0 Å². The van der Waals surface area contributed by atoms with Crippen molar-refractivity contribution in [3.05, 3.63) is 34.9 Å². The lowest BCUT2D eigenvalue weighted by atomic mass is 10.0. The first kappa shape index (κ1) is 21.1. The third-order valence-corrected chi connectivity index (χ3v) is 4.05. The van der Waals surface area contributed by atoms with Crippen LogP contribution in [0.25, 0.3) is 0 Å². The predicted molar refractivity (Wildman–Crippen MR) is 81.1 cm³/mol. The van der Waals surface area contributed by atoms with Gasteiger partial charge in [0.15, 0.2) is 0 Å². The molecule has 0 radical (unpaired) electrons. The first-order valence-corrected chi connectivity index (χ1v) is 7.27. The summed E-state index contributed by atoms with van der Waals surface area (Å²) in [5, 5.41) is 3.12. The number of halogens is 7. The van der Waals surface area contributed by atoms with E-state index in [1.165, 1.54) is 0 Å². The van der Waals surface area contributed by atoms with E-state index in [0.29, 0.717) is 19.1 Å². The molecule has 0 bridgehead atoms. The van der Waals surface area contributed by atoms with Crippen LogP contribution in [0.1, 0.15) is 29.5 Å². The Morgan fingerprint density at radius 2 is 1.42 bits per heavy atom. The summed E-state index contributed by atoms with van der Waals surface area (Å²) in [7, 11) is 1.84. The highest BCUT2D eigenvalue weighted by atomic mass is 35.5. The van der Waals surface area contributed by atoms with E-state index in [-0.39, 0.29) is 30.6 Å². The summed E-state index contributed by atoms with van der Waals surface area (Å²) in [6.45, 7) is 1.37. The molecule has 24 heavy (non-hydrogen) atoms. The lowest BCUT2D eigenvalue weighted by molar-refractivity contribution is -0.143. The largest absolute Gasteiger partial charge is 0.416 e. The Kier molecular flexibility index (Phi) is 6.95. The van der Waals surface area contributed by atoms with Crippen LogP contribution < -0.4 is 5.32 Å². The summed E-state index contributed by atoms with van der Waals surface area (Å²) >= 11 is 0. The number of hydrogen-bond acceptors (Lipinski definition) is 2. The van der Waals surface area contributed by atoms with Crippen LogP contribution >= 0.6 is 12.4 Å². The third kappa shape index (κ3) is 5.53. The topological polar surface area (TPSA) is 15.3 Å². The molecule has 1 fully saturated rings. The Balaban J connectivity index is 0.00000288. The average Bonchev–Trinajstić information content (AvgIpc) is 2.46. The van der Waals surface area contributed by atoms with Crippen molar-refractivity contribution < 1.29 is 26.3 Å². The number of nitrogens with zero attached hydrogens (tertiary/aromatic N) is 1. The van der Waals surface area contributed by atoms with Crippen LogP contribution in [0, 0.1) is 0 Å². The van der Waals surface area contributed by atoms with Crippen LogP contribution in [-0.4, -0.2) is 31.1 Å². The lowest BCUT2D eigenvalue weighted by Gasteiger charge is -2.32. The molecule has 1 aliphatic heterocycles. The van der Waals surface area contributed by atoms with Gasteiger partial charge >= 0.3 is 12.4 Å². The van der Waals surface area contributed by atoms with Gasteiger partial charge in [-0.15, -0.1) is 12.4 Å². The molecule has 1 aliphatic rings. The first-order chi connectivity index (χ1) is 10.6. The Labute approximate surface area is 142 Å². The molecule has 0 spiro atoms. The van der Waals surface area contributed by atoms with Gasteiger partial charge < -0.3 is 5.32 Å². The molecule has 0 aromatic heterocycles. The molecular weight excluding hydrogens is 358 g/mol. The van der Waals surface area contributed by atoms with Crippen LogP contribution in [0.2, 0.25) is 0 Å². The first-order valence-electron chi connectivity index (χ1n) is 7.27. The zero-order valence-corrected chi connectivity index (χ0v) is 13.8. The van der Waals surface area contributed by atoms with Crippen LogP contribution in [-0.2, 0) is 18.9 Å². The van der Waals surface area contributed by atoms with Gasteiger partial charge in [-0.25, -0.2) is 0 Å². The number of nitrogens with one attached hydrogen (secondary N) is 1. The fraction of sp³-hybridized carbons (Fsp3) is 0.600. The van der Waals surface area contributed by atoms with E-state index >= 15 is 0 Å². The summed E-state index contributed by atoms with van der Waals surface area (Å²) in [4.78, 5) is 1.88. The highest BCUT2D eigenvalue weighted by Crippen LogP contribution is 2.36. The minimum absolute atomic E-state index is 0. The van der Waals surface area contributed by atoms with E-state index in [2.05, 4.69) is 5.32 Å². The van der Waals surface area contributed by atoms with E-state index < -0.39 is 23.5 Å². The highest BCUT2D eigenvalue weighted by molar-refractivity contribution is 5.85. The number of likely N-dealkylation sites (tertiary alicyclic amines) is 1. The number of alkyl halides is 6. The second kappa shape index (κ2) is 7.93. The molecule has 9 heteroatoms. The van der Waals surface area contributed by atoms with Crippen molar-refractivity contribution in [3.8, 4) is 0 Å². The van der Waals surface area contributed by atoms with Crippen molar-refractivity contribution in [2.24, 2.45) is 0 Å². The van der Waals surface area contributed by atoms with E-state index in [4.69, 9.17) is 0 Å². The lowest BCUT2D eigenvalue weighted by Crippen LogP contribution is -2.40. The SMILES string of the molecule is CNC1CCN(Cc2cc(C(F)(F)F)cc(C(F)(F)F)c2)CC1.Cl. The Morgan fingerprint density at radius 3 is 1.79 bits per heavy atom. The molecule has 2 nitrogen and oxygen atoms in total. The van der Waals surface area contributed by atoms with E-state index in [1.807, 2.05) is 11.9 Å². The van der Waals surface area contributed by atoms with Crippen molar-refractivity contribution >= 4 is 12.4 Å². The van der Waals surface area contributed by atoms with Gasteiger partial charge in [0.25, 0.3) is 0 Å². The number of rotatable bonds is 3. The zero-order chi connectivity index (χ0) is 17.3. The Bertz CT molecular complexity index is 503. The van der Waals surface area contributed by atoms with Crippen molar-refractivity contribution in [1.29, 1.82) is 0 Å². The summed E-state index contributed by atoms with van der Waals surface area (Å²) in [5.74, 6) is 0. The van der Waals surface area contributed by atoms with E-state index in [9.17, 15) is 26.3 Å². The molecule has 0 unspecified atom stereocenters. The quantitative estimate of drug-likeness (QED) is 0.790. The van der Waals surface area contributed by atoms with Gasteiger partial charge in [0.2, 0.25) is 0 Å². The zero-order valence-electron chi connectivity index (χ0n) is 13.0. The average molecular weight is 377 g/mol. The van der Waals surface area contributed by atoms with Gasteiger partial charge in [0.05, 0.1) is 11.1 Å². The molecule has 1 N–H and O–H groups in total. The monoisotopic (exact) mass is 376 g/mol. The Hall–Kier alpha value is -0.990. The highest BCUT2D eigenvalue weighted by Gasteiger charge is 2.37. The van der Waals surface area contributed by atoms with Crippen LogP contribution in [0.5, 0.6) is 0 Å². The fourth-order valence-corrected chi connectivity index (χ4v) is 2.75. The predicted octanol–water partition coefficient (Wildman–Crippen LogP) is 4.33. The molecule has 0 atom stereocenters. The maximum atomic E-state index is 12.8. The van der Waals surface area contributed by atoms with Crippen LogP contribution in [0.15, 0.2) is 18.2 Å². The molecule has 1 heterocycles. The molecule has 1 aromatic carbocycles. The van der Waals surface area contributed by atoms with Crippen molar-refractivity contribution in [3.63, 3.8) is 0 Å². The second-order valence-electron chi connectivity index (χ2n) is 5.75. The summed E-state index contributed by atoms with van der Waals surface area (Å²) in [6.07, 6.45) is -7.95. The Morgan fingerprint density at radius 1 is 0.958 bits per heavy atom. The van der Waals surface area contributed by atoms with E-state index in [0.717, 1.165) is 25.0 Å². The minimum Gasteiger partial charge on any atom is -0.317 e. The number of hydrogen-bond donors (Lipinski definition) is 1. The standard InChI is InChI=1S/C15H18F6N2.ClH/c1-22-13-2-4-23(5-3-13)9-10-6-11(14(16,17)18)8-12(7-10)15(19,20)21;/h6-8,13,22H,2-5,9H2,1H3;1H. The summed E-state index contributed by atoms with van der Waals surface area (Å²) in [6, 6.07) is 2.12. The van der Waals surface area contributed by atoms with Gasteiger partial charge in [-0.2, -0.15) is 26.3 Å². The maximum Gasteiger partial charge on any atom is 0.416 e. The van der Waals surface area contributed by atoms with E-state index in [1.54, 1.807) is 0 Å². The molecule has 1 aromatic rings. The molecule has 138 valence electrons. The van der Waals surface area contributed by atoms with Gasteiger partial charge in [-0.3, -0.25) is 4.90 Å². The molecule has 2 rings (SSSR count). The number of benzene rings is 1.